The number of esters is 1. The zero-order chi connectivity index (χ0) is 25.3. The van der Waals surface area contributed by atoms with E-state index in [0.29, 0.717) is 25.8 Å². The number of likely N-dealkylation sites (tertiary alicyclic amines) is 1. The lowest BCUT2D eigenvalue weighted by molar-refractivity contribution is -0.163. The van der Waals surface area contributed by atoms with Gasteiger partial charge in [0, 0.05) is 12.6 Å². The Hall–Kier alpha value is -2.19. The van der Waals surface area contributed by atoms with Crippen molar-refractivity contribution in [3.8, 4) is 0 Å². The standard InChI is InChI=1S/C26H40N2O6/c1-7-11-17(5)27(14-8-2)23(31)21-26-13-12-25(10-4,34-26)20(24(32)33-15-9-3)19(26)22(30)28(21)18(6)16-29/h8-9,17-21,29H,2-3,7,10-16H2,1,4-6H3/t17?,18-,19+,20-,21?,25+,26?/m1/s1. The largest absolute Gasteiger partial charge is 0.461 e. The molecule has 8 heteroatoms. The van der Waals surface area contributed by atoms with Crippen LogP contribution in [-0.2, 0) is 23.9 Å². The number of ether oxygens (including phenoxy) is 2. The molecular weight excluding hydrogens is 436 g/mol. The van der Waals surface area contributed by atoms with E-state index in [1.54, 1.807) is 17.9 Å². The summed E-state index contributed by atoms with van der Waals surface area (Å²) in [6.07, 6.45) is 6.49. The Kier molecular flexibility index (Phi) is 7.92. The van der Waals surface area contributed by atoms with Crippen LogP contribution in [0.15, 0.2) is 25.3 Å². The van der Waals surface area contributed by atoms with Crippen LogP contribution in [0.3, 0.4) is 0 Å². The number of carbonyl (C=O) groups is 3. The number of amides is 2. The first kappa shape index (κ1) is 26.4. The first-order chi connectivity index (χ1) is 16.2. The van der Waals surface area contributed by atoms with Crippen molar-refractivity contribution in [3.63, 3.8) is 0 Å². The number of aliphatic hydroxyl groups excluding tert-OH is 1. The molecule has 34 heavy (non-hydrogen) atoms. The summed E-state index contributed by atoms with van der Waals surface area (Å²) in [5.41, 5.74) is -1.97. The van der Waals surface area contributed by atoms with E-state index in [9.17, 15) is 19.5 Å². The minimum atomic E-state index is -1.13. The summed E-state index contributed by atoms with van der Waals surface area (Å²) in [6.45, 7) is 15.2. The molecule has 3 fully saturated rings. The first-order valence-electron chi connectivity index (χ1n) is 12.5. The predicted molar refractivity (Wildman–Crippen MR) is 128 cm³/mol. The van der Waals surface area contributed by atoms with Crippen molar-refractivity contribution < 1.29 is 29.0 Å². The average Bonchev–Trinajstić information content (AvgIpc) is 3.43. The van der Waals surface area contributed by atoms with Crippen LogP contribution < -0.4 is 0 Å². The maximum absolute atomic E-state index is 14.2. The van der Waals surface area contributed by atoms with Gasteiger partial charge < -0.3 is 24.4 Å². The van der Waals surface area contributed by atoms with Crippen molar-refractivity contribution in [2.75, 3.05) is 19.8 Å². The van der Waals surface area contributed by atoms with Crippen LogP contribution in [0.4, 0.5) is 0 Å². The summed E-state index contributed by atoms with van der Waals surface area (Å²) in [5, 5.41) is 9.99. The topological polar surface area (TPSA) is 96.4 Å². The van der Waals surface area contributed by atoms with Gasteiger partial charge in [0.2, 0.25) is 11.8 Å². The molecule has 1 N–H and O–H groups in total. The quantitative estimate of drug-likeness (QED) is 0.343. The molecule has 0 aromatic heterocycles. The summed E-state index contributed by atoms with van der Waals surface area (Å²) in [7, 11) is 0. The number of aliphatic hydroxyl groups is 1. The van der Waals surface area contributed by atoms with Gasteiger partial charge in [-0.3, -0.25) is 14.4 Å². The van der Waals surface area contributed by atoms with E-state index in [0.717, 1.165) is 12.8 Å². The van der Waals surface area contributed by atoms with Crippen LogP contribution in [0, 0.1) is 11.8 Å². The molecule has 190 valence electrons. The fourth-order valence-corrected chi connectivity index (χ4v) is 6.44. The molecule has 0 radical (unpaired) electrons. The number of hydrogen-bond acceptors (Lipinski definition) is 6. The van der Waals surface area contributed by atoms with Crippen LogP contribution in [0.2, 0.25) is 0 Å². The van der Waals surface area contributed by atoms with Crippen LogP contribution >= 0.6 is 0 Å². The molecule has 3 heterocycles. The Morgan fingerprint density at radius 1 is 1.29 bits per heavy atom. The molecule has 0 aromatic carbocycles. The third-order valence-electron chi connectivity index (χ3n) is 8.04. The second-order valence-electron chi connectivity index (χ2n) is 9.95. The van der Waals surface area contributed by atoms with Crippen molar-refractivity contribution in [1.82, 2.24) is 9.80 Å². The van der Waals surface area contributed by atoms with E-state index < -0.39 is 41.1 Å². The highest BCUT2D eigenvalue weighted by Crippen LogP contribution is 2.64. The van der Waals surface area contributed by atoms with Gasteiger partial charge in [-0.1, -0.05) is 39.0 Å². The molecule has 7 atom stereocenters. The van der Waals surface area contributed by atoms with Gasteiger partial charge in [0.15, 0.2) is 0 Å². The third-order valence-corrected chi connectivity index (χ3v) is 8.04. The summed E-state index contributed by atoms with van der Waals surface area (Å²) < 4.78 is 12.1. The van der Waals surface area contributed by atoms with Crippen molar-refractivity contribution in [2.24, 2.45) is 11.8 Å². The Labute approximate surface area is 202 Å². The van der Waals surface area contributed by atoms with Gasteiger partial charge in [-0.15, -0.1) is 6.58 Å². The molecule has 3 saturated heterocycles. The van der Waals surface area contributed by atoms with Crippen LogP contribution in [0.25, 0.3) is 0 Å². The smallest absolute Gasteiger partial charge is 0.313 e. The van der Waals surface area contributed by atoms with Gasteiger partial charge in [-0.05, 0) is 39.5 Å². The molecule has 0 saturated carbocycles. The van der Waals surface area contributed by atoms with Crippen molar-refractivity contribution in [1.29, 1.82) is 0 Å². The Balaban J connectivity index is 2.11. The summed E-state index contributed by atoms with van der Waals surface area (Å²) in [4.78, 5) is 44.6. The average molecular weight is 477 g/mol. The van der Waals surface area contributed by atoms with Crippen molar-refractivity contribution in [3.05, 3.63) is 25.3 Å². The summed E-state index contributed by atoms with van der Waals surface area (Å²) >= 11 is 0. The highest BCUT2D eigenvalue weighted by atomic mass is 16.6. The zero-order valence-corrected chi connectivity index (χ0v) is 21.0. The van der Waals surface area contributed by atoms with Crippen molar-refractivity contribution >= 4 is 17.8 Å². The molecule has 3 aliphatic rings. The van der Waals surface area contributed by atoms with Gasteiger partial charge >= 0.3 is 5.97 Å². The van der Waals surface area contributed by atoms with E-state index in [1.165, 1.54) is 11.0 Å². The van der Waals surface area contributed by atoms with Gasteiger partial charge in [0.25, 0.3) is 0 Å². The molecule has 3 aliphatic heterocycles. The minimum Gasteiger partial charge on any atom is -0.461 e. The number of hydrogen-bond donors (Lipinski definition) is 1. The lowest BCUT2D eigenvalue weighted by atomic mass is 9.65. The van der Waals surface area contributed by atoms with Gasteiger partial charge in [-0.2, -0.15) is 0 Å². The maximum atomic E-state index is 14.2. The van der Waals surface area contributed by atoms with Crippen LogP contribution in [0.5, 0.6) is 0 Å². The van der Waals surface area contributed by atoms with Gasteiger partial charge in [0.1, 0.15) is 24.2 Å². The molecule has 2 amide bonds. The maximum Gasteiger partial charge on any atom is 0.313 e. The Morgan fingerprint density at radius 2 is 2.00 bits per heavy atom. The Morgan fingerprint density at radius 3 is 2.56 bits per heavy atom. The molecular formula is C26H40N2O6. The fraction of sp³-hybridized carbons (Fsp3) is 0.731. The molecule has 1 spiro atoms. The molecule has 2 bridgehead atoms. The highest BCUT2D eigenvalue weighted by molar-refractivity contribution is 5.98. The second kappa shape index (κ2) is 10.2. The minimum absolute atomic E-state index is 0.0454. The molecule has 3 rings (SSSR count). The van der Waals surface area contributed by atoms with Gasteiger partial charge in [-0.25, -0.2) is 0 Å². The van der Waals surface area contributed by atoms with E-state index in [4.69, 9.17) is 9.47 Å². The summed E-state index contributed by atoms with van der Waals surface area (Å²) in [5.74, 6) is -2.66. The van der Waals surface area contributed by atoms with E-state index in [2.05, 4.69) is 20.1 Å². The zero-order valence-electron chi connectivity index (χ0n) is 21.0. The predicted octanol–water partition coefficient (Wildman–Crippen LogP) is 2.45. The van der Waals surface area contributed by atoms with Crippen LogP contribution in [-0.4, -0.2) is 81.8 Å². The van der Waals surface area contributed by atoms with Gasteiger partial charge in [0.05, 0.1) is 24.2 Å². The number of carbonyl (C=O) groups excluding carboxylic acids is 3. The van der Waals surface area contributed by atoms with Crippen LogP contribution in [0.1, 0.15) is 59.8 Å². The molecule has 3 unspecified atom stereocenters. The second-order valence-corrected chi connectivity index (χ2v) is 9.95. The molecule has 8 nitrogen and oxygen atoms in total. The van der Waals surface area contributed by atoms with E-state index >= 15 is 0 Å². The fourth-order valence-electron chi connectivity index (χ4n) is 6.44. The highest BCUT2D eigenvalue weighted by Gasteiger charge is 2.79. The lowest BCUT2D eigenvalue weighted by Gasteiger charge is -2.40. The number of rotatable bonds is 12. The van der Waals surface area contributed by atoms with E-state index in [1.807, 2.05) is 13.8 Å². The Bertz CT molecular complexity index is 830. The number of fused-ring (bicyclic) bond motifs is 1. The van der Waals surface area contributed by atoms with Crippen molar-refractivity contribution in [2.45, 2.75) is 89.1 Å². The molecule has 0 aromatic rings. The normalized spacial score (nSPS) is 33.4. The summed E-state index contributed by atoms with van der Waals surface area (Å²) in [6, 6.07) is -1.57. The molecule has 0 aliphatic carbocycles. The van der Waals surface area contributed by atoms with E-state index in [-0.39, 0.29) is 31.1 Å². The number of nitrogens with zero attached hydrogens (tertiary/aromatic N) is 2. The SMILES string of the molecule is C=CCOC(=O)[C@H]1[C@H]2C(=O)N([C@H](C)CO)C(C(=O)N(CC=C)C(C)CCC)C23CC[C@]1(CC)O3. The monoisotopic (exact) mass is 476 g/mol. The first-order valence-corrected chi connectivity index (χ1v) is 12.5. The third kappa shape index (κ3) is 3.88. The lowest BCUT2D eigenvalue weighted by Crippen LogP contribution is -2.59.